The summed E-state index contributed by atoms with van der Waals surface area (Å²) in [4.78, 5) is 13.6. The Balaban J connectivity index is 4.07. The minimum atomic E-state index is 0.0311. The molecular weight excluding hydrogens is 184 g/mol. The quantitative estimate of drug-likeness (QED) is 0.692. The topological polar surface area (TPSA) is 46.3 Å². The second-order valence-corrected chi connectivity index (χ2v) is 4.15. The van der Waals surface area contributed by atoms with E-state index in [4.69, 9.17) is 18.0 Å². The van der Waals surface area contributed by atoms with E-state index in [9.17, 15) is 4.79 Å². The van der Waals surface area contributed by atoms with Gasteiger partial charge in [-0.2, -0.15) is 0 Å². The van der Waals surface area contributed by atoms with Crippen molar-refractivity contribution in [2.75, 3.05) is 13.6 Å². The van der Waals surface area contributed by atoms with Crippen LogP contribution in [0.1, 0.15) is 20.8 Å². The van der Waals surface area contributed by atoms with E-state index in [2.05, 4.69) is 0 Å². The first-order valence-corrected chi connectivity index (χ1v) is 4.81. The third-order valence-electron chi connectivity index (χ3n) is 1.90. The van der Waals surface area contributed by atoms with Gasteiger partial charge in [0.05, 0.1) is 4.99 Å². The molecular formula is C9H18N2OS. The molecule has 0 radical (unpaired) electrons. The Morgan fingerprint density at radius 1 is 1.46 bits per heavy atom. The lowest BCUT2D eigenvalue weighted by Crippen LogP contribution is -2.37. The molecule has 0 aliphatic rings. The van der Waals surface area contributed by atoms with Crippen molar-refractivity contribution in [3.8, 4) is 0 Å². The van der Waals surface area contributed by atoms with E-state index in [1.54, 1.807) is 11.9 Å². The molecule has 0 saturated heterocycles. The molecule has 0 aliphatic heterocycles. The Labute approximate surface area is 85.3 Å². The van der Waals surface area contributed by atoms with Crippen LogP contribution in [0.5, 0.6) is 0 Å². The summed E-state index contributed by atoms with van der Waals surface area (Å²) in [7, 11) is 1.77. The van der Waals surface area contributed by atoms with Gasteiger partial charge >= 0.3 is 0 Å². The standard InChI is InChI=1S/C9H18N2OS/c1-6(2)9(12)11(4)5-7(3)8(10)13/h6-7H,5H2,1-4H3,(H2,10,13). The maximum absolute atomic E-state index is 11.4. The SMILES string of the molecule is CC(C)C(=O)N(C)CC(C)C(N)=S. The molecule has 0 heterocycles. The number of carbonyl (C=O) groups excluding carboxylic acids is 1. The van der Waals surface area contributed by atoms with Gasteiger partial charge < -0.3 is 10.6 Å². The zero-order valence-corrected chi connectivity index (χ0v) is 9.52. The first kappa shape index (κ1) is 12.4. The zero-order chi connectivity index (χ0) is 10.6. The summed E-state index contributed by atoms with van der Waals surface area (Å²) in [6.07, 6.45) is 0. The molecule has 0 bridgehead atoms. The van der Waals surface area contributed by atoms with Gasteiger partial charge in [0.1, 0.15) is 0 Å². The molecule has 13 heavy (non-hydrogen) atoms. The van der Waals surface area contributed by atoms with Crippen LogP contribution in [0.2, 0.25) is 0 Å². The summed E-state index contributed by atoms with van der Waals surface area (Å²) >= 11 is 4.83. The second-order valence-electron chi connectivity index (χ2n) is 3.68. The highest BCUT2D eigenvalue weighted by molar-refractivity contribution is 7.80. The van der Waals surface area contributed by atoms with Crippen LogP contribution in [-0.4, -0.2) is 29.4 Å². The van der Waals surface area contributed by atoms with E-state index in [0.29, 0.717) is 11.5 Å². The molecule has 4 heteroatoms. The molecule has 0 spiro atoms. The molecule has 1 unspecified atom stereocenters. The largest absolute Gasteiger partial charge is 0.393 e. The summed E-state index contributed by atoms with van der Waals surface area (Å²) in [6.45, 7) is 6.29. The first-order valence-electron chi connectivity index (χ1n) is 4.40. The van der Waals surface area contributed by atoms with Crippen molar-refractivity contribution >= 4 is 23.1 Å². The van der Waals surface area contributed by atoms with Crippen LogP contribution in [0.3, 0.4) is 0 Å². The predicted octanol–water partition coefficient (Wildman–Crippen LogP) is 1.02. The van der Waals surface area contributed by atoms with E-state index in [-0.39, 0.29) is 17.7 Å². The first-order chi connectivity index (χ1) is 5.86. The summed E-state index contributed by atoms with van der Waals surface area (Å²) < 4.78 is 0. The molecule has 3 nitrogen and oxygen atoms in total. The molecule has 0 aromatic heterocycles. The summed E-state index contributed by atoms with van der Waals surface area (Å²) in [6, 6.07) is 0. The lowest BCUT2D eigenvalue weighted by Gasteiger charge is -2.22. The Kier molecular flexibility index (Phi) is 4.91. The van der Waals surface area contributed by atoms with E-state index in [1.807, 2.05) is 20.8 Å². The highest BCUT2D eigenvalue weighted by Gasteiger charge is 2.16. The Hall–Kier alpha value is -0.640. The molecule has 0 rings (SSSR count). The molecule has 0 fully saturated rings. The predicted molar refractivity (Wildman–Crippen MR) is 58.4 cm³/mol. The average molecular weight is 202 g/mol. The third-order valence-corrected chi connectivity index (χ3v) is 2.31. The van der Waals surface area contributed by atoms with Gasteiger partial charge in [-0.25, -0.2) is 0 Å². The van der Waals surface area contributed by atoms with Gasteiger partial charge in [-0.1, -0.05) is 33.0 Å². The third kappa shape index (κ3) is 4.22. The number of nitrogens with zero attached hydrogens (tertiary/aromatic N) is 1. The van der Waals surface area contributed by atoms with Crippen molar-refractivity contribution in [3.05, 3.63) is 0 Å². The number of amides is 1. The van der Waals surface area contributed by atoms with Crippen LogP contribution in [-0.2, 0) is 4.79 Å². The lowest BCUT2D eigenvalue weighted by molar-refractivity contribution is -0.133. The van der Waals surface area contributed by atoms with Crippen molar-refractivity contribution in [2.45, 2.75) is 20.8 Å². The number of thiocarbonyl (C=S) groups is 1. The van der Waals surface area contributed by atoms with Crippen LogP contribution < -0.4 is 5.73 Å². The molecule has 76 valence electrons. The maximum atomic E-state index is 11.4. The van der Waals surface area contributed by atoms with E-state index in [0.717, 1.165) is 0 Å². The Bertz CT molecular complexity index is 204. The molecule has 2 N–H and O–H groups in total. The van der Waals surface area contributed by atoms with Gasteiger partial charge in [-0.05, 0) is 0 Å². The van der Waals surface area contributed by atoms with Crippen LogP contribution in [0.25, 0.3) is 0 Å². The van der Waals surface area contributed by atoms with Crippen molar-refractivity contribution < 1.29 is 4.79 Å². The Morgan fingerprint density at radius 2 is 1.92 bits per heavy atom. The molecule has 1 amide bonds. The average Bonchev–Trinajstić information content (AvgIpc) is 2.02. The molecule has 0 aromatic rings. The number of carbonyl (C=O) groups is 1. The zero-order valence-electron chi connectivity index (χ0n) is 8.70. The van der Waals surface area contributed by atoms with E-state index < -0.39 is 0 Å². The maximum Gasteiger partial charge on any atom is 0.224 e. The fraction of sp³-hybridized carbons (Fsp3) is 0.778. The summed E-state index contributed by atoms with van der Waals surface area (Å²) in [5.74, 6) is 0.245. The highest BCUT2D eigenvalue weighted by Crippen LogP contribution is 2.03. The van der Waals surface area contributed by atoms with Gasteiger partial charge in [-0.3, -0.25) is 4.79 Å². The van der Waals surface area contributed by atoms with Crippen LogP contribution in [0.4, 0.5) is 0 Å². The number of hydrogen-bond acceptors (Lipinski definition) is 2. The molecule has 0 aromatic carbocycles. The minimum Gasteiger partial charge on any atom is -0.393 e. The van der Waals surface area contributed by atoms with Crippen LogP contribution in [0, 0.1) is 11.8 Å². The van der Waals surface area contributed by atoms with Gasteiger partial charge in [0, 0.05) is 25.4 Å². The monoisotopic (exact) mass is 202 g/mol. The van der Waals surface area contributed by atoms with E-state index >= 15 is 0 Å². The van der Waals surface area contributed by atoms with Gasteiger partial charge in [0.15, 0.2) is 0 Å². The second kappa shape index (κ2) is 5.17. The summed E-state index contributed by atoms with van der Waals surface area (Å²) in [5, 5.41) is 0. The molecule has 1 atom stereocenters. The van der Waals surface area contributed by atoms with Crippen LogP contribution in [0.15, 0.2) is 0 Å². The number of hydrogen-bond donors (Lipinski definition) is 1. The van der Waals surface area contributed by atoms with Gasteiger partial charge in [0.25, 0.3) is 0 Å². The normalized spacial score (nSPS) is 12.7. The Morgan fingerprint density at radius 3 is 2.23 bits per heavy atom. The molecule has 0 saturated carbocycles. The number of nitrogens with two attached hydrogens (primary N) is 1. The smallest absolute Gasteiger partial charge is 0.224 e. The fourth-order valence-corrected chi connectivity index (χ4v) is 1.11. The minimum absolute atomic E-state index is 0.0311. The van der Waals surface area contributed by atoms with Crippen molar-refractivity contribution in [1.82, 2.24) is 4.90 Å². The van der Waals surface area contributed by atoms with Crippen molar-refractivity contribution in [1.29, 1.82) is 0 Å². The van der Waals surface area contributed by atoms with Gasteiger partial charge in [-0.15, -0.1) is 0 Å². The molecule has 0 aliphatic carbocycles. The van der Waals surface area contributed by atoms with Crippen molar-refractivity contribution in [3.63, 3.8) is 0 Å². The summed E-state index contributed by atoms with van der Waals surface area (Å²) in [5.41, 5.74) is 5.45. The lowest BCUT2D eigenvalue weighted by atomic mass is 10.1. The highest BCUT2D eigenvalue weighted by atomic mass is 32.1. The van der Waals surface area contributed by atoms with E-state index in [1.165, 1.54) is 0 Å². The fourth-order valence-electron chi connectivity index (χ4n) is 1.03. The van der Waals surface area contributed by atoms with Gasteiger partial charge in [0.2, 0.25) is 5.91 Å². The van der Waals surface area contributed by atoms with Crippen LogP contribution >= 0.6 is 12.2 Å². The number of rotatable bonds is 4. The van der Waals surface area contributed by atoms with Crippen molar-refractivity contribution in [2.24, 2.45) is 17.6 Å².